The topological polar surface area (TPSA) is 53.6 Å². The van der Waals surface area contributed by atoms with Crippen LogP contribution in [0.5, 0.6) is 0 Å². The molecule has 0 bridgehead atoms. The average Bonchev–Trinajstić information content (AvgIpc) is 3.06. The third kappa shape index (κ3) is 2.65. The van der Waals surface area contributed by atoms with Crippen LogP contribution in [0, 0.1) is 0 Å². The molecule has 2 aromatic rings. The first-order valence-corrected chi connectivity index (χ1v) is 6.08. The summed E-state index contributed by atoms with van der Waals surface area (Å²) in [4.78, 5) is 11.8. The van der Waals surface area contributed by atoms with E-state index in [-0.39, 0.29) is 0 Å². The number of rotatable bonds is 4. The molecular weight excluding hydrogens is 236 g/mol. The number of imidazole rings is 1. The molecule has 5 heteroatoms. The third-order valence-electron chi connectivity index (χ3n) is 2.76. The quantitative estimate of drug-likeness (QED) is 0.874. The predicted molar refractivity (Wildman–Crippen MR) is 66.7 cm³/mol. The van der Waals surface area contributed by atoms with Gasteiger partial charge in [0.15, 0.2) is 5.82 Å². The van der Waals surface area contributed by atoms with Gasteiger partial charge in [0.2, 0.25) is 0 Å². The van der Waals surface area contributed by atoms with Crippen LogP contribution in [0.4, 0.5) is 0 Å². The zero-order valence-corrected chi connectivity index (χ0v) is 10.0. The molecule has 1 fully saturated rings. The van der Waals surface area contributed by atoms with Gasteiger partial charge in [-0.3, -0.25) is 4.98 Å². The first-order chi connectivity index (χ1) is 8.31. The molecule has 0 unspecified atom stereocenters. The molecule has 1 saturated carbocycles. The Labute approximate surface area is 104 Å². The van der Waals surface area contributed by atoms with Gasteiger partial charge in [-0.2, -0.15) is 0 Å². The standard InChI is InChI=1S/C12H13ClN4/c13-8-1-4-11(15-5-8)12-16-7-10(17-12)6-14-9-2-3-9/h1,4-5,7,9,14H,2-3,6H2,(H,16,17). The van der Waals surface area contributed by atoms with E-state index in [0.717, 1.165) is 23.8 Å². The van der Waals surface area contributed by atoms with Crippen molar-refractivity contribution < 1.29 is 0 Å². The zero-order valence-electron chi connectivity index (χ0n) is 9.28. The maximum Gasteiger partial charge on any atom is 0.156 e. The number of hydrogen-bond donors (Lipinski definition) is 2. The van der Waals surface area contributed by atoms with Crippen molar-refractivity contribution in [1.29, 1.82) is 0 Å². The molecule has 0 spiro atoms. The molecule has 0 aliphatic heterocycles. The van der Waals surface area contributed by atoms with E-state index < -0.39 is 0 Å². The number of H-pyrrole nitrogens is 1. The summed E-state index contributed by atoms with van der Waals surface area (Å²) in [5, 5.41) is 4.07. The van der Waals surface area contributed by atoms with Crippen molar-refractivity contribution >= 4 is 11.6 Å². The highest BCUT2D eigenvalue weighted by Gasteiger charge is 2.20. The molecule has 0 atom stereocenters. The lowest BCUT2D eigenvalue weighted by Crippen LogP contribution is -2.15. The summed E-state index contributed by atoms with van der Waals surface area (Å²) in [5.74, 6) is 0.786. The molecule has 3 rings (SSSR count). The van der Waals surface area contributed by atoms with E-state index in [1.54, 1.807) is 6.20 Å². The molecule has 0 saturated heterocycles. The van der Waals surface area contributed by atoms with Crippen LogP contribution in [0.2, 0.25) is 5.02 Å². The summed E-state index contributed by atoms with van der Waals surface area (Å²) >= 11 is 5.79. The molecule has 4 nitrogen and oxygen atoms in total. The summed E-state index contributed by atoms with van der Waals surface area (Å²) in [6.45, 7) is 0.839. The van der Waals surface area contributed by atoms with E-state index in [2.05, 4.69) is 20.3 Å². The molecular formula is C12H13ClN4. The lowest BCUT2D eigenvalue weighted by atomic mass is 10.3. The first-order valence-electron chi connectivity index (χ1n) is 5.70. The summed E-state index contributed by atoms with van der Waals surface area (Å²) in [7, 11) is 0. The summed E-state index contributed by atoms with van der Waals surface area (Å²) in [6, 6.07) is 4.38. The van der Waals surface area contributed by atoms with Crippen LogP contribution in [0.25, 0.3) is 11.5 Å². The van der Waals surface area contributed by atoms with Crippen LogP contribution in [-0.4, -0.2) is 21.0 Å². The summed E-state index contributed by atoms with van der Waals surface area (Å²) in [5.41, 5.74) is 1.90. The van der Waals surface area contributed by atoms with Crippen LogP contribution in [0.1, 0.15) is 18.5 Å². The zero-order chi connectivity index (χ0) is 11.7. The van der Waals surface area contributed by atoms with E-state index in [9.17, 15) is 0 Å². The molecule has 17 heavy (non-hydrogen) atoms. The third-order valence-corrected chi connectivity index (χ3v) is 2.98. The maximum atomic E-state index is 5.79. The van der Waals surface area contributed by atoms with Crippen LogP contribution >= 0.6 is 11.6 Å². The highest BCUT2D eigenvalue weighted by atomic mass is 35.5. The molecule has 2 N–H and O–H groups in total. The number of halogens is 1. The average molecular weight is 249 g/mol. The summed E-state index contributed by atoms with van der Waals surface area (Å²) in [6.07, 6.45) is 6.06. The fourth-order valence-corrected chi connectivity index (χ4v) is 1.75. The lowest BCUT2D eigenvalue weighted by molar-refractivity contribution is 0.677. The molecule has 2 heterocycles. The molecule has 2 aromatic heterocycles. The second-order valence-corrected chi connectivity index (χ2v) is 4.71. The van der Waals surface area contributed by atoms with Gasteiger partial charge in [-0.05, 0) is 25.0 Å². The highest BCUT2D eigenvalue weighted by Crippen LogP contribution is 2.20. The predicted octanol–water partition coefficient (Wildman–Crippen LogP) is 2.38. The Kier molecular flexibility index (Phi) is 2.82. The Balaban J connectivity index is 1.72. The van der Waals surface area contributed by atoms with Crippen LogP contribution in [0.3, 0.4) is 0 Å². The minimum atomic E-state index is 0.635. The van der Waals surface area contributed by atoms with E-state index in [1.165, 1.54) is 12.8 Å². The van der Waals surface area contributed by atoms with Crippen LogP contribution < -0.4 is 5.32 Å². The van der Waals surface area contributed by atoms with Crippen molar-refractivity contribution in [1.82, 2.24) is 20.3 Å². The van der Waals surface area contributed by atoms with Crippen molar-refractivity contribution in [2.45, 2.75) is 25.4 Å². The van der Waals surface area contributed by atoms with E-state index in [4.69, 9.17) is 11.6 Å². The first kappa shape index (κ1) is 10.7. The van der Waals surface area contributed by atoms with E-state index >= 15 is 0 Å². The van der Waals surface area contributed by atoms with Crippen molar-refractivity contribution in [2.75, 3.05) is 0 Å². The molecule has 0 amide bonds. The maximum absolute atomic E-state index is 5.79. The Morgan fingerprint density at radius 2 is 2.18 bits per heavy atom. The van der Waals surface area contributed by atoms with Crippen molar-refractivity contribution in [3.05, 3.63) is 35.2 Å². The fourth-order valence-electron chi connectivity index (χ4n) is 1.64. The van der Waals surface area contributed by atoms with Crippen LogP contribution in [0.15, 0.2) is 24.5 Å². The molecule has 0 aromatic carbocycles. The molecule has 1 aliphatic rings. The smallest absolute Gasteiger partial charge is 0.156 e. The van der Waals surface area contributed by atoms with Gasteiger partial charge in [0.1, 0.15) is 5.69 Å². The minimum Gasteiger partial charge on any atom is -0.339 e. The van der Waals surface area contributed by atoms with Gasteiger partial charge in [0, 0.05) is 24.5 Å². The Bertz CT molecular complexity index is 501. The number of nitrogens with zero attached hydrogens (tertiary/aromatic N) is 2. The number of aromatic amines is 1. The number of pyridine rings is 1. The Morgan fingerprint density at radius 3 is 2.88 bits per heavy atom. The van der Waals surface area contributed by atoms with Crippen molar-refractivity contribution in [3.8, 4) is 11.5 Å². The van der Waals surface area contributed by atoms with Gasteiger partial charge in [0.25, 0.3) is 0 Å². The minimum absolute atomic E-state index is 0.635. The van der Waals surface area contributed by atoms with Gasteiger partial charge in [0.05, 0.1) is 11.2 Å². The fraction of sp³-hybridized carbons (Fsp3) is 0.333. The second-order valence-electron chi connectivity index (χ2n) is 4.27. The van der Waals surface area contributed by atoms with Crippen LogP contribution in [-0.2, 0) is 6.54 Å². The number of hydrogen-bond acceptors (Lipinski definition) is 3. The van der Waals surface area contributed by atoms with Gasteiger partial charge < -0.3 is 10.3 Å². The number of nitrogens with one attached hydrogen (secondary N) is 2. The van der Waals surface area contributed by atoms with Gasteiger partial charge in [-0.1, -0.05) is 11.6 Å². The molecule has 88 valence electrons. The van der Waals surface area contributed by atoms with Gasteiger partial charge in [-0.25, -0.2) is 4.98 Å². The summed E-state index contributed by atoms with van der Waals surface area (Å²) < 4.78 is 0. The van der Waals surface area contributed by atoms with E-state index in [1.807, 2.05) is 18.3 Å². The SMILES string of the molecule is Clc1ccc(-c2ncc(CNC3CC3)[nH]2)nc1. The molecule has 0 radical (unpaired) electrons. The van der Waals surface area contributed by atoms with Gasteiger partial charge >= 0.3 is 0 Å². The Morgan fingerprint density at radius 1 is 1.29 bits per heavy atom. The largest absolute Gasteiger partial charge is 0.339 e. The monoisotopic (exact) mass is 248 g/mol. The molecule has 1 aliphatic carbocycles. The highest BCUT2D eigenvalue weighted by molar-refractivity contribution is 6.30. The number of aromatic nitrogens is 3. The van der Waals surface area contributed by atoms with Crippen molar-refractivity contribution in [2.24, 2.45) is 0 Å². The lowest BCUT2D eigenvalue weighted by Gasteiger charge is -1.99. The van der Waals surface area contributed by atoms with Crippen molar-refractivity contribution in [3.63, 3.8) is 0 Å². The Hall–Kier alpha value is -1.39. The second kappa shape index (κ2) is 4.47. The van der Waals surface area contributed by atoms with Gasteiger partial charge in [-0.15, -0.1) is 0 Å². The normalized spacial score (nSPS) is 15.1. The van der Waals surface area contributed by atoms with E-state index in [0.29, 0.717) is 11.1 Å².